The highest BCUT2D eigenvalue weighted by molar-refractivity contribution is 6.31. The second-order valence-corrected chi connectivity index (χ2v) is 5.10. The number of rotatable bonds is 3. The number of benzene rings is 1. The molecule has 0 saturated carbocycles. The van der Waals surface area contributed by atoms with Gasteiger partial charge in [-0.2, -0.15) is 0 Å². The van der Waals surface area contributed by atoms with Gasteiger partial charge in [0, 0.05) is 5.02 Å². The molecular formula is C14H9Cl2N3O2. The number of aromatic nitrogens is 3. The zero-order valence-electron chi connectivity index (χ0n) is 10.6. The number of halogens is 2. The van der Waals surface area contributed by atoms with Gasteiger partial charge in [0.05, 0.1) is 11.1 Å². The van der Waals surface area contributed by atoms with E-state index < -0.39 is 5.97 Å². The van der Waals surface area contributed by atoms with Gasteiger partial charge in [0.2, 0.25) is 0 Å². The van der Waals surface area contributed by atoms with E-state index in [1.54, 1.807) is 36.4 Å². The Kier molecular flexibility index (Phi) is 3.77. The molecule has 5 nitrogen and oxygen atoms in total. The predicted octanol–water partition coefficient (Wildman–Crippen LogP) is 3.62. The molecule has 0 atom stereocenters. The quantitative estimate of drug-likeness (QED) is 0.591. The maximum atomic E-state index is 11.9. The summed E-state index contributed by atoms with van der Waals surface area (Å²) in [5, 5.41) is 0.837. The molecule has 0 aliphatic rings. The number of esters is 1. The fourth-order valence-corrected chi connectivity index (χ4v) is 2.15. The van der Waals surface area contributed by atoms with Crippen molar-refractivity contribution in [1.29, 1.82) is 0 Å². The van der Waals surface area contributed by atoms with Gasteiger partial charge in [-0.15, -0.1) is 0 Å². The van der Waals surface area contributed by atoms with E-state index in [1.807, 2.05) is 0 Å². The van der Waals surface area contributed by atoms with Crippen molar-refractivity contribution in [3.05, 3.63) is 58.0 Å². The monoisotopic (exact) mass is 321 g/mol. The lowest BCUT2D eigenvalue weighted by atomic mass is 10.2. The number of carbonyl (C=O) groups is 1. The summed E-state index contributed by atoms with van der Waals surface area (Å²) in [6.07, 6.45) is 0. The molecule has 0 bridgehead atoms. The van der Waals surface area contributed by atoms with Crippen molar-refractivity contribution < 1.29 is 9.53 Å². The molecule has 1 N–H and O–H groups in total. The smallest absolute Gasteiger partial charge is 0.338 e. The Bertz CT molecular complexity index is 817. The number of fused-ring (bicyclic) bond motifs is 1. The second kappa shape index (κ2) is 5.71. The maximum absolute atomic E-state index is 11.9. The highest BCUT2D eigenvalue weighted by Crippen LogP contribution is 2.15. The maximum Gasteiger partial charge on any atom is 0.338 e. The third kappa shape index (κ3) is 3.15. The summed E-state index contributed by atoms with van der Waals surface area (Å²) in [6, 6.07) is 9.97. The molecule has 1 aromatic carbocycles. The topological polar surface area (TPSA) is 67.9 Å². The highest BCUT2D eigenvalue weighted by atomic mass is 35.5. The molecule has 0 fully saturated rings. The molecule has 0 amide bonds. The first kappa shape index (κ1) is 13.9. The lowest BCUT2D eigenvalue weighted by molar-refractivity contribution is 0.0463. The van der Waals surface area contributed by atoms with E-state index in [-0.39, 0.29) is 6.61 Å². The van der Waals surface area contributed by atoms with E-state index in [4.69, 9.17) is 27.9 Å². The van der Waals surface area contributed by atoms with E-state index in [9.17, 15) is 4.79 Å². The molecule has 7 heteroatoms. The van der Waals surface area contributed by atoms with E-state index in [0.29, 0.717) is 27.2 Å². The first-order valence-electron chi connectivity index (χ1n) is 6.05. The van der Waals surface area contributed by atoms with Crippen LogP contribution in [0.25, 0.3) is 11.2 Å². The molecule has 21 heavy (non-hydrogen) atoms. The molecule has 106 valence electrons. The molecule has 0 aliphatic heterocycles. The molecule has 3 rings (SSSR count). The standard InChI is InChI=1S/C14H9Cl2N3O2/c15-9-3-1-2-8(6-9)14(20)21-7-12-17-10-4-5-11(16)18-13(10)19-12/h1-6H,7H2,(H,17,18,19). The first-order valence-corrected chi connectivity index (χ1v) is 6.81. The molecule has 0 spiro atoms. The molecule has 0 radical (unpaired) electrons. The highest BCUT2D eigenvalue weighted by Gasteiger charge is 2.10. The van der Waals surface area contributed by atoms with Crippen molar-refractivity contribution in [2.45, 2.75) is 6.61 Å². The normalized spacial score (nSPS) is 10.8. The summed E-state index contributed by atoms with van der Waals surface area (Å²) in [5.74, 6) is 0.0269. The minimum absolute atomic E-state index is 0.0132. The number of hydrogen-bond acceptors (Lipinski definition) is 4. The van der Waals surface area contributed by atoms with Crippen LogP contribution in [0.2, 0.25) is 10.2 Å². The third-order valence-corrected chi connectivity index (χ3v) is 3.21. The Morgan fingerprint density at radius 2 is 2.05 bits per heavy atom. The van der Waals surface area contributed by atoms with Gasteiger partial charge in [0.15, 0.2) is 5.65 Å². The van der Waals surface area contributed by atoms with Gasteiger partial charge < -0.3 is 9.72 Å². The van der Waals surface area contributed by atoms with Crippen molar-refractivity contribution in [2.24, 2.45) is 0 Å². The van der Waals surface area contributed by atoms with Gasteiger partial charge in [-0.3, -0.25) is 0 Å². The SMILES string of the molecule is O=C(OCc1nc2nc(Cl)ccc2[nH]1)c1cccc(Cl)c1. The number of carbonyl (C=O) groups excluding carboxylic acids is 1. The number of ether oxygens (including phenoxy) is 1. The van der Waals surface area contributed by atoms with Gasteiger partial charge >= 0.3 is 5.97 Å². The van der Waals surface area contributed by atoms with E-state index in [1.165, 1.54) is 0 Å². The first-order chi connectivity index (χ1) is 10.1. The number of aromatic amines is 1. The Hall–Kier alpha value is -2.11. The average Bonchev–Trinajstić information content (AvgIpc) is 2.86. The largest absolute Gasteiger partial charge is 0.454 e. The van der Waals surface area contributed by atoms with Crippen molar-refractivity contribution in [3.8, 4) is 0 Å². The van der Waals surface area contributed by atoms with E-state index in [2.05, 4.69) is 15.0 Å². The molecule has 0 unspecified atom stereocenters. The van der Waals surface area contributed by atoms with Crippen LogP contribution < -0.4 is 0 Å². The molecule has 0 saturated heterocycles. The Morgan fingerprint density at radius 3 is 2.86 bits per heavy atom. The van der Waals surface area contributed by atoms with Crippen LogP contribution in [0.1, 0.15) is 16.2 Å². The summed E-state index contributed by atoms with van der Waals surface area (Å²) >= 11 is 11.6. The summed E-state index contributed by atoms with van der Waals surface area (Å²) in [5.41, 5.74) is 1.60. The molecular weight excluding hydrogens is 313 g/mol. The van der Waals surface area contributed by atoms with Gasteiger partial charge in [-0.25, -0.2) is 14.8 Å². The zero-order chi connectivity index (χ0) is 14.8. The van der Waals surface area contributed by atoms with Crippen LogP contribution in [-0.2, 0) is 11.3 Å². The molecule has 2 heterocycles. The summed E-state index contributed by atoms with van der Waals surface area (Å²) < 4.78 is 5.18. The van der Waals surface area contributed by atoms with Gasteiger partial charge in [0.25, 0.3) is 0 Å². The molecule has 2 aromatic heterocycles. The van der Waals surface area contributed by atoms with Crippen LogP contribution in [0, 0.1) is 0 Å². The van der Waals surface area contributed by atoms with Crippen LogP contribution >= 0.6 is 23.2 Å². The number of H-pyrrole nitrogens is 1. The lowest BCUT2D eigenvalue weighted by Gasteiger charge is -2.02. The third-order valence-electron chi connectivity index (χ3n) is 2.76. The van der Waals surface area contributed by atoms with Gasteiger partial charge in [0.1, 0.15) is 17.6 Å². The minimum atomic E-state index is -0.469. The van der Waals surface area contributed by atoms with Crippen molar-refractivity contribution in [2.75, 3.05) is 0 Å². The van der Waals surface area contributed by atoms with Crippen molar-refractivity contribution in [3.63, 3.8) is 0 Å². The Balaban J connectivity index is 1.72. The van der Waals surface area contributed by atoms with E-state index >= 15 is 0 Å². The number of imidazole rings is 1. The molecule has 0 aliphatic carbocycles. The zero-order valence-corrected chi connectivity index (χ0v) is 12.1. The van der Waals surface area contributed by atoms with E-state index in [0.717, 1.165) is 5.52 Å². The minimum Gasteiger partial charge on any atom is -0.454 e. The Morgan fingerprint density at radius 1 is 1.19 bits per heavy atom. The van der Waals surface area contributed by atoms with Crippen molar-refractivity contribution >= 4 is 40.3 Å². The van der Waals surface area contributed by atoms with Crippen molar-refractivity contribution in [1.82, 2.24) is 15.0 Å². The lowest BCUT2D eigenvalue weighted by Crippen LogP contribution is -2.05. The van der Waals surface area contributed by atoms with Crippen LogP contribution in [-0.4, -0.2) is 20.9 Å². The number of hydrogen-bond donors (Lipinski definition) is 1. The fourth-order valence-electron chi connectivity index (χ4n) is 1.82. The number of nitrogens with one attached hydrogen (secondary N) is 1. The summed E-state index contributed by atoms with van der Waals surface area (Å²) in [7, 11) is 0. The van der Waals surface area contributed by atoms with Gasteiger partial charge in [-0.1, -0.05) is 29.3 Å². The summed E-state index contributed by atoms with van der Waals surface area (Å²) in [6.45, 7) is 0.0132. The summed E-state index contributed by atoms with van der Waals surface area (Å²) in [4.78, 5) is 23.1. The predicted molar refractivity (Wildman–Crippen MR) is 79.5 cm³/mol. The number of pyridine rings is 1. The number of nitrogens with zero attached hydrogens (tertiary/aromatic N) is 2. The fraction of sp³-hybridized carbons (Fsp3) is 0.0714. The van der Waals surface area contributed by atoms with Crippen LogP contribution in [0.3, 0.4) is 0 Å². The van der Waals surface area contributed by atoms with Gasteiger partial charge in [-0.05, 0) is 30.3 Å². The average molecular weight is 322 g/mol. The Labute approximate surface area is 129 Å². The molecule has 3 aromatic rings. The van der Waals surface area contributed by atoms with Crippen LogP contribution in [0.5, 0.6) is 0 Å². The second-order valence-electron chi connectivity index (χ2n) is 4.28. The van der Waals surface area contributed by atoms with Crippen LogP contribution in [0.4, 0.5) is 0 Å². The van der Waals surface area contributed by atoms with Crippen LogP contribution in [0.15, 0.2) is 36.4 Å².